The van der Waals surface area contributed by atoms with Gasteiger partial charge in [-0.1, -0.05) is 90.4 Å². The minimum atomic E-state index is -0.179. The predicted octanol–water partition coefficient (Wildman–Crippen LogP) is 5.15. The number of rotatable bonds is 17. The Morgan fingerprint density at radius 1 is 0.792 bits per heavy atom. The van der Waals surface area contributed by atoms with E-state index in [4.69, 9.17) is 5.11 Å². The van der Waals surface area contributed by atoms with Crippen molar-refractivity contribution in [2.24, 2.45) is 0 Å². The van der Waals surface area contributed by atoms with Crippen molar-refractivity contribution in [2.75, 3.05) is 13.2 Å². The van der Waals surface area contributed by atoms with Crippen molar-refractivity contribution in [2.45, 2.75) is 110 Å². The summed E-state index contributed by atoms with van der Waals surface area (Å²) in [5.74, 6) is 0. The van der Waals surface area contributed by atoms with E-state index in [1.165, 1.54) is 83.5 Å². The Hall–Kier alpha value is -0.770. The Kier molecular flexibility index (Phi) is 18.0. The average molecular weight is 343 g/mol. The molecule has 0 bridgehead atoms. The molecular weight excluding hydrogens is 300 g/mol. The van der Waals surface area contributed by atoms with Crippen molar-refractivity contribution in [3.05, 3.63) is 0 Å². The van der Waals surface area contributed by atoms with E-state index < -0.39 is 0 Å². The fourth-order valence-electron chi connectivity index (χ4n) is 2.84. The van der Waals surface area contributed by atoms with Gasteiger partial charge in [-0.2, -0.15) is 0 Å². The molecule has 0 aromatic rings. The second-order valence-corrected chi connectivity index (χ2v) is 7.08. The Labute approximate surface area is 150 Å². The van der Waals surface area contributed by atoms with Crippen LogP contribution in [0, 0.1) is 0 Å². The topological polar surface area (TPSA) is 61.4 Å². The lowest BCUT2D eigenvalue weighted by atomic mass is 10.0. The summed E-state index contributed by atoms with van der Waals surface area (Å²) in [5, 5.41) is 14.4. The van der Waals surface area contributed by atoms with Gasteiger partial charge in [0.25, 0.3) is 0 Å². The second kappa shape index (κ2) is 18.6. The van der Waals surface area contributed by atoms with Gasteiger partial charge in [0, 0.05) is 6.54 Å². The zero-order chi connectivity index (χ0) is 17.9. The second-order valence-electron chi connectivity index (χ2n) is 7.08. The largest absolute Gasteiger partial charge is 0.394 e. The Balaban J connectivity index is 3.11. The molecule has 0 heterocycles. The van der Waals surface area contributed by atoms with Gasteiger partial charge in [0.15, 0.2) is 0 Å². The van der Waals surface area contributed by atoms with Gasteiger partial charge in [-0.05, 0) is 13.3 Å². The maximum absolute atomic E-state index is 11.4. The smallest absolute Gasteiger partial charge is 0.315 e. The summed E-state index contributed by atoms with van der Waals surface area (Å²) in [7, 11) is 0. The first-order valence-electron chi connectivity index (χ1n) is 10.4. The number of hydrogen-bond donors (Lipinski definition) is 3. The highest BCUT2D eigenvalue weighted by Gasteiger charge is 2.04. The third-order valence-corrected chi connectivity index (χ3v) is 4.47. The number of aliphatic hydroxyl groups is 1. The highest BCUT2D eigenvalue weighted by atomic mass is 16.3. The molecule has 0 aromatic heterocycles. The zero-order valence-electron chi connectivity index (χ0n) is 16.2. The Bertz CT molecular complexity index is 272. The number of amides is 2. The number of carbonyl (C=O) groups is 1. The first kappa shape index (κ1) is 23.2. The molecule has 0 aliphatic carbocycles. The molecule has 0 spiro atoms. The number of urea groups is 1. The van der Waals surface area contributed by atoms with Crippen LogP contribution in [0.15, 0.2) is 0 Å². The fourth-order valence-corrected chi connectivity index (χ4v) is 2.84. The van der Waals surface area contributed by atoms with Gasteiger partial charge in [0.1, 0.15) is 0 Å². The summed E-state index contributed by atoms with van der Waals surface area (Å²) in [4.78, 5) is 11.4. The van der Waals surface area contributed by atoms with Crippen LogP contribution in [-0.4, -0.2) is 30.3 Å². The van der Waals surface area contributed by atoms with Crippen LogP contribution in [0.25, 0.3) is 0 Å². The summed E-state index contributed by atoms with van der Waals surface area (Å²) < 4.78 is 0. The third-order valence-electron chi connectivity index (χ3n) is 4.47. The van der Waals surface area contributed by atoms with E-state index in [0.29, 0.717) is 0 Å². The van der Waals surface area contributed by atoms with Crippen LogP contribution in [0.3, 0.4) is 0 Å². The van der Waals surface area contributed by atoms with Gasteiger partial charge < -0.3 is 15.7 Å². The van der Waals surface area contributed by atoms with E-state index in [-0.39, 0.29) is 18.7 Å². The molecular formula is C20H42N2O2. The molecule has 2 amide bonds. The van der Waals surface area contributed by atoms with Gasteiger partial charge in [-0.25, -0.2) is 4.79 Å². The zero-order valence-corrected chi connectivity index (χ0v) is 16.2. The molecule has 0 aromatic carbocycles. The normalized spacial score (nSPS) is 12.1. The van der Waals surface area contributed by atoms with E-state index in [9.17, 15) is 4.79 Å². The van der Waals surface area contributed by atoms with Gasteiger partial charge in [0.2, 0.25) is 0 Å². The van der Waals surface area contributed by atoms with Crippen molar-refractivity contribution in [3.8, 4) is 0 Å². The molecule has 1 unspecified atom stereocenters. The molecule has 3 N–H and O–H groups in total. The first-order valence-corrected chi connectivity index (χ1v) is 10.4. The molecule has 24 heavy (non-hydrogen) atoms. The third kappa shape index (κ3) is 17.6. The van der Waals surface area contributed by atoms with Crippen LogP contribution in [-0.2, 0) is 0 Å². The molecule has 0 aliphatic rings. The molecule has 0 saturated carbocycles. The van der Waals surface area contributed by atoms with Gasteiger partial charge in [-0.3, -0.25) is 0 Å². The number of unbranched alkanes of at least 4 members (excludes halogenated alkanes) is 13. The van der Waals surface area contributed by atoms with Crippen LogP contribution < -0.4 is 10.6 Å². The first-order chi connectivity index (χ1) is 11.7. The highest BCUT2D eigenvalue weighted by Crippen LogP contribution is 2.12. The average Bonchev–Trinajstić information content (AvgIpc) is 2.58. The van der Waals surface area contributed by atoms with E-state index in [1.54, 1.807) is 6.92 Å². The van der Waals surface area contributed by atoms with E-state index in [0.717, 1.165) is 13.0 Å². The quantitative estimate of drug-likeness (QED) is 0.320. The SMILES string of the molecule is CCCCCCCCCCCCCCCCNC(=O)NC(C)CO. The minimum Gasteiger partial charge on any atom is -0.394 e. The molecule has 4 heteroatoms. The maximum atomic E-state index is 11.4. The predicted molar refractivity (Wildman–Crippen MR) is 103 cm³/mol. The summed E-state index contributed by atoms with van der Waals surface area (Å²) in [6, 6.07) is -0.354. The summed E-state index contributed by atoms with van der Waals surface area (Å²) in [6.45, 7) is 4.76. The van der Waals surface area contributed by atoms with Crippen LogP contribution in [0.4, 0.5) is 4.79 Å². The molecule has 0 aliphatic heterocycles. The van der Waals surface area contributed by atoms with Gasteiger partial charge >= 0.3 is 6.03 Å². The van der Waals surface area contributed by atoms with Crippen LogP contribution in [0.2, 0.25) is 0 Å². The number of hydrogen-bond acceptors (Lipinski definition) is 2. The lowest BCUT2D eigenvalue weighted by Crippen LogP contribution is -2.42. The number of nitrogens with one attached hydrogen (secondary N) is 2. The molecule has 0 radical (unpaired) electrons. The summed E-state index contributed by atoms with van der Waals surface area (Å²) in [6.07, 6.45) is 18.8. The van der Waals surface area contributed by atoms with Crippen molar-refractivity contribution < 1.29 is 9.90 Å². The molecule has 144 valence electrons. The van der Waals surface area contributed by atoms with Crippen molar-refractivity contribution in [1.29, 1.82) is 0 Å². The fraction of sp³-hybridized carbons (Fsp3) is 0.950. The van der Waals surface area contributed by atoms with E-state index in [2.05, 4.69) is 17.6 Å². The molecule has 4 nitrogen and oxygen atoms in total. The lowest BCUT2D eigenvalue weighted by Gasteiger charge is -2.11. The number of aliphatic hydroxyl groups excluding tert-OH is 1. The number of carbonyl (C=O) groups excluding carboxylic acids is 1. The summed E-state index contributed by atoms with van der Waals surface area (Å²) in [5.41, 5.74) is 0. The lowest BCUT2D eigenvalue weighted by molar-refractivity contribution is 0.220. The van der Waals surface area contributed by atoms with Crippen LogP contribution >= 0.6 is 0 Å². The van der Waals surface area contributed by atoms with Crippen LogP contribution in [0.1, 0.15) is 104 Å². The summed E-state index contributed by atoms with van der Waals surface area (Å²) >= 11 is 0. The highest BCUT2D eigenvalue weighted by molar-refractivity contribution is 5.74. The maximum Gasteiger partial charge on any atom is 0.315 e. The van der Waals surface area contributed by atoms with Crippen LogP contribution in [0.5, 0.6) is 0 Å². The molecule has 1 atom stereocenters. The monoisotopic (exact) mass is 342 g/mol. The minimum absolute atomic E-state index is 0.0216. The van der Waals surface area contributed by atoms with Crippen molar-refractivity contribution in [3.63, 3.8) is 0 Å². The van der Waals surface area contributed by atoms with Gasteiger partial charge in [0.05, 0.1) is 12.6 Å². The Morgan fingerprint density at radius 2 is 1.21 bits per heavy atom. The van der Waals surface area contributed by atoms with Gasteiger partial charge in [-0.15, -0.1) is 0 Å². The standard InChI is InChI=1S/C20H42N2O2/c1-3-4-5-6-7-8-9-10-11-12-13-14-15-16-17-21-20(24)22-19(2)18-23/h19,23H,3-18H2,1-2H3,(H2,21,22,24). The molecule has 0 saturated heterocycles. The molecule has 0 fully saturated rings. The van der Waals surface area contributed by atoms with Crippen molar-refractivity contribution in [1.82, 2.24) is 10.6 Å². The Morgan fingerprint density at radius 3 is 1.62 bits per heavy atom. The van der Waals surface area contributed by atoms with E-state index >= 15 is 0 Å². The van der Waals surface area contributed by atoms with E-state index in [1.807, 2.05) is 0 Å². The van der Waals surface area contributed by atoms with Crippen molar-refractivity contribution >= 4 is 6.03 Å². The molecule has 0 rings (SSSR count).